The molecule has 2 aromatic carbocycles. The zero-order chi connectivity index (χ0) is 13.2. The summed E-state index contributed by atoms with van der Waals surface area (Å²) in [6.07, 6.45) is 0. The monoisotopic (exact) mass is 262 g/mol. The maximum absolute atomic E-state index is 9.33. The Morgan fingerprint density at radius 2 is 1.33 bits per heavy atom. The van der Waals surface area contributed by atoms with Crippen LogP contribution >= 0.6 is 11.9 Å². The van der Waals surface area contributed by atoms with Gasteiger partial charge < -0.3 is 9.40 Å². The van der Waals surface area contributed by atoms with Gasteiger partial charge in [0.25, 0.3) is 0 Å². The van der Waals surface area contributed by atoms with E-state index in [2.05, 4.69) is 18.1 Å². The molecule has 94 valence electrons. The summed E-state index contributed by atoms with van der Waals surface area (Å²) in [6, 6.07) is 14.9. The van der Waals surface area contributed by atoms with Gasteiger partial charge in [0.15, 0.2) is 0 Å². The molecule has 0 fully saturated rings. The van der Waals surface area contributed by atoms with Crippen LogP contribution in [0.15, 0.2) is 48.5 Å². The molecule has 3 heteroatoms. The van der Waals surface area contributed by atoms with Gasteiger partial charge in [-0.2, -0.15) is 0 Å². The lowest BCUT2D eigenvalue weighted by Gasteiger charge is -2.26. The Bertz CT molecular complexity index is 515. The number of phenolic OH excluding ortho intramolecular Hbond substituents is 1. The molecule has 0 heterocycles. The van der Waals surface area contributed by atoms with E-state index in [1.165, 1.54) is 0 Å². The van der Waals surface area contributed by atoms with Gasteiger partial charge in [0.2, 0.25) is 0 Å². The lowest BCUT2D eigenvalue weighted by atomic mass is 9.78. The van der Waals surface area contributed by atoms with Gasteiger partial charge in [0.1, 0.15) is 23.4 Å². The van der Waals surface area contributed by atoms with E-state index in [0.717, 1.165) is 11.1 Å². The molecule has 0 unspecified atom stereocenters. The highest BCUT2D eigenvalue weighted by Crippen LogP contribution is 2.33. The second-order valence-corrected chi connectivity index (χ2v) is 4.93. The molecule has 0 saturated heterocycles. The summed E-state index contributed by atoms with van der Waals surface area (Å²) in [5.74, 6) is 0.905. The van der Waals surface area contributed by atoms with Crippen molar-refractivity contribution in [1.29, 1.82) is 0 Å². The van der Waals surface area contributed by atoms with Crippen LogP contribution in [0.4, 0.5) is 0 Å². The number of aromatic hydroxyl groups is 1. The number of hydrogen-bond acceptors (Lipinski definition) is 2. The average Bonchev–Trinajstić information content (AvgIpc) is 2.39. The van der Waals surface area contributed by atoms with Crippen molar-refractivity contribution in [2.45, 2.75) is 19.3 Å². The largest absolute Gasteiger partial charge is 0.508 e. The first-order valence-corrected chi connectivity index (χ1v) is 6.03. The third-order valence-corrected chi connectivity index (χ3v) is 3.43. The molecule has 2 rings (SSSR count). The summed E-state index contributed by atoms with van der Waals surface area (Å²) in [4.78, 5) is 0. The van der Waals surface area contributed by atoms with E-state index in [4.69, 9.17) is 11.9 Å². The summed E-state index contributed by atoms with van der Waals surface area (Å²) in [7, 11) is 0. The number of hydrogen-bond donors (Lipinski definition) is 1. The smallest absolute Gasteiger partial charge is 0.146 e. The van der Waals surface area contributed by atoms with Crippen molar-refractivity contribution in [3.63, 3.8) is 0 Å². The Morgan fingerprint density at radius 3 is 1.78 bits per heavy atom. The van der Waals surface area contributed by atoms with E-state index in [9.17, 15) is 5.11 Å². The van der Waals surface area contributed by atoms with Crippen LogP contribution in [0.25, 0.3) is 0 Å². The third kappa shape index (κ3) is 2.44. The Hall–Kier alpha value is -1.67. The summed E-state index contributed by atoms with van der Waals surface area (Å²) in [5, 5.41) is 9.33. The van der Waals surface area contributed by atoms with Crippen molar-refractivity contribution < 1.29 is 9.40 Å². The fraction of sp³-hybridized carbons (Fsp3) is 0.200. The molecule has 0 aliphatic heterocycles. The first-order valence-electron chi connectivity index (χ1n) is 5.72. The SMILES string of the molecule is CC(C)(c1ccc(O)cc1)c1ccc(OCl)cc1. The van der Waals surface area contributed by atoms with Crippen LogP contribution in [0.2, 0.25) is 0 Å². The summed E-state index contributed by atoms with van der Waals surface area (Å²) >= 11 is 5.30. The molecule has 0 bridgehead atoms. The van der Waals surface area contributed by atoms with Crippen LogP contribution in [0.3, 0.4) is 0 Å². The van der Waals surface area contributed by atoms with Crippen molar-refractivity contribution in [1.82, 2.24) is 0 Å². The second kappa shape index (κ2) is 4.91. The van der Waals surface area contributed by atoms with Crippen LogP contribution in [-0.4, -0.2) is 5.11 Å². The topological polar surface area (TPSA) is 29.5 Å². The lowest BCUT2D eigenvalue weighted by Crippen LogP contribution is -2.18. The highest BCUT2D eigenvalue weighted by atomic mass is 35.5. The highest BCUT2D eigenvalue weighted by molar-refractivity contribution is 6.09. The zero-order valence-electron chi connectivity index (χ0n) is 10.4. The van der Waals surface area contributed by atoms with Gasteiger partial charge in [0, 0.05) is 5.41 Å². The second-order valence-electron chi connectivity index (χ2n) is 4.77. The van der Waals surface area contributed by atoms with Gasteiger partial charge in [0.05, 0.1) is 0 Å². The lowest BCUT2D eigenvalue weighted by molar-refractivity contribution is 0.474. The maximum Gasteiger partial charge on any atom is 0.146 e. The van der Waals surface area contributed by atoms with Gasteiger partial charge in [-0.05, 0) is 35.4 Å². The molecule has 0 aliphatic rings. The molecule has 0 spiro atoms. The number of rotatable bonds is 3. The van der Waals surface area contributed by atoms with Crippen molar-refractivity contribution in [3.8, 4) is 11.5 Å². The highest BCUT2D eigenvalue weighted by Gasteiger charge is 2.22. The number of benzene rings is 2. The summed E-state index contributed by atoms with van der Waals surface area (Å²) in [5.41, 5.74) is 2.16. The average molecular weight is 263 g/mol. The quantitative estimate of drug-likeness (QED) is 0.896. The van der Waals surface area contributed by atoms with E-state index in [0.29, 0.717) is 5.75 Å². The van der Waals surface area contributed by atoms with E-state index >= 15 is 0 Å². The zero-order valence-corrected chi connectivity index (χ0v) is 11.1. The fourth-order valence-electron chi connectivity index (χ4n) is 1.97. The van der Waals surface area contributed by atoms with Crippen molar-refractivity contribution >= 4 is 11.9 Å². The summed E-state index contributed by atoms with van der Waals surface area (Å²) < 4.78 is 4.64. The van der Waals surface area contributed by atoms with Crippen molar-refractivity contribution in [2.24, 2.45) is 0 Å². The molecule has 0 atom stereocenters. The Balaban J connectivity index is 2.37. The van der Waals surface area contributed by atoms with Crippen LogP contribution < -0.4 is 4.29 Å². The molecule has 0 radical (unpaired) electrons. The Kier molecular flexibility index (Phi) is 3.48. The molecule has 0 saturated carbocycles. The minimum Gasteiger partial charge on any atom is -0.508 e. The molecular weight excluding hydrogens is 248 g/mol. The summed E-state index contributed by atoms with van der Waals surface area (Å²) in [6.45, 7) is 4.27. The Labute approximate surface area is 112 Å². The first kappa shape index (κ1) is 12.8. The first-order chi connectivity index (χ1) is 8.54. The molecular formula is C15H15ClO2. The van der Waals surface area contributed by atoms with Crippen molar-refractivity contribution in [2.75, 3.05) is 0 Å². The van der Waals surface area contributed by atoms with Crippen LogP contribution in [-0.2, 0) is 5.41 Å². The molecule has 1 N–H and O–H groups in total. The predicted octanol–water partition coefficient (Wildman–Crippen LogP) is 4.25. The normalized spacial score (nSPS) is 11.3. The minimum atomic E-state index is -0.140. The molecule has 0 aliphatic carbocycles. The fourth-order valence-corrected chi connectivity index (χ4v) is 2.07. The van der Waals surface area contributed by atoms with Crippen molar-refractivity contribution in [3.05, 3.63) is 59.7 Å². The van der Waals surface area contributed by atoms with Crippen LogP contribution in [0.1, 0.15) is 25.0 Å². The van der Waals surface area contributed by atoms with Gasteiger partial charge in [-0.15, -0.1) is 0 Å². The van der Waals surface area contributed by atoms with E-state index < -0.39 is 0 Å². The third-order valence-electron chi connectivity index (χ3n) is 3.25. The van der Waals surface area contributed by atoms with Crippen LogP contribution in [0.5, 0.6) is 11.5 Å². The number of halogens is 1. The van der Waals surface area contributed by atoms with E-state index in [1.807, 2.05) is 36.4 Å². The standard InChI is InChI=1S/C15H15ClO2/c1-15(2,11-3-7-13(17)8-4-11)12-5-9-14(18-16)10-6-12/h3-10,17H,1-2H3. The van der Waals surface area contributed by atoms with Gasteiger partial charge in [-0.25, -0.2) is 0 Å². The maximum atomic E-state index is 9.33. The molecule has 2 nitrogen and oxygen atoms in total. The van der Waals surface area contributed by atoms with Gasteiger partial charge in [-0.3, -0.25) is 0 Å². The molecule has 18 heavy (non-hydrogen) atoms. The minimum absolute atomic E-state index is 0.140. The molecule has 2 aromatic rings. The predicted molar refractivity (Wildman–Crippen MR) is 73.2 cm³/mol. The van der Waals surface area contributed by atoms with E-state index in [1.54, 1.807) is 12.1 Å². The molecule has 0 amide bonds. The Morgan fingerprint density at radius 1 is 0.889 bits per heavy atom. The number of phenols is 1. The van der Waals surface area contributed by atoms with Gasteiger partial charge in [-0.1, -0.05) is 38.1 Å². The van der Waals surface area contributed by atoms with Gasteiger partial charge >= 0.3 is 0 Å². The molecule has 0 aromatic heterocycles. The van der Waals surface area contributed by atoms with Crippen LogP contribution in [0, 0.1) is 0 Å². The van der Waals surface area contributed by atoms with E-state index in [-0.39, 0.29) is 11.2 Å².